The number of hydrogen-bond acceptors (Lipinski definition) is 5. The van der Waals surface area contributed by atoms with Crippen LogP contribution in [-0.4, -0.2) is 21.8 Å². The van der Waals surface area contributed by atoms with Gasteiger partial charge >= 0.3 is 5.97 Å². The molecule has 0 fully saturated rings. The molecule has 21 heavy (non-hydrogen) atoms. The summed E-state index contributed by atoms with van der Waals surface area (Å²) in [5, 5.41) is 3.04. The van der Waals surface area contributed by atoms with E-state index in [-0.39, 0.29) is 22.9 Å². The highest BCUT2D eigenvalue weighted by atomic mass is 16.5. The molecule has 0 radical (unpaired) electrons. The fourth-order valence-electron chi connectivity index (χ4n) is 2.02. The number of carbonyl (C=O) groups excluding carboxylic acids is 2. The van der Waals surface area contributed by atoms with Crippen molar-refractivity contribution in [3.05, 3.63) is 28.0 Å². The van der Waals surface area contributed by atoms with Gasteiger partial charge in [0.2, 0.25) is 5.91 Å². The van der Waals surface area contributed by atoms with Crippen LogP contribution in [0, 0.1) is 0 Å². The number of nitrogens with zero attached hydrogens (tertiary/aromatic N) is 1. The van der Waals surface area contributed by atoms with Crippen LogP contribution in [0.2, 0.25) is 0 Å². The zero-order chi connectivity index (χ0) is 15.6. The first-order valence-corrected chi connectivity index (χ1v) is 6.44. The van der Waals surface area contributed by atoms with Gasteiger partial charge in [-0.3, -0.25) is 14.4 Å². The van der Waals surface area contributed by atoms with Gasteiger partial charge < -0.3 is 15.0 Å². The van der Waals surface area contributed by atoms with Crippen LogP contribution in [0.15, 0.2) is 16.9 Å². The summed E-state index contributed by atoms with van der Waals surface area (Å²) in [6, 6.07) is 3.22. The van der Waals surface area contributed by atoms with E-state index in [9.17, 15) is 14.4 Å². The fraction of sp³-hybridized carbons (Fsp3) is 0.286. The van der Waals surface area contributed by atoms with Crippen molar-refractivity contribution in [1.29, 1.82) is 0 Å². The summed E-state index contributed by atoms with van der Waals surface area (Å²) >= 11 is 0. The third-order valence-corrected chi connectivity index (χ3v) is 2.82. The number of hydrogen-bond donors (Lipinski definition) is 2. The minimum atomic E-state index is -0.512. The molecule has 0 aliphatic rings. The van der Waals surface area contributed by atoms with Gasteiger partial charge in [-0.05, 0) is 18.6 Å². The van der Waals surface area contributed by atoms with Gasteiger partial charge in [-0.15, -0.1) is 0 Å². The number of fused-ring (bicyclic) bond motifs is 1. The van der Waals surface area contributed by atoms with Crippen molar-refractivity contribution in [2.75, 3.05) is 5.32 Å². The van der Waals surface area contributed by atoms with Crippen molar-refractivity contribution in [2.24, 2.45) is 0 Å². The van der Waals surface area contributed by atoms with Crippen LogP contribution in [0.4, 0.5) is 5.82 Å². The predicted molar refractivity (Wildman–Crippen MR) is 77.4 cm³/mol. The minimum Gasteiger partial charge on any atom is -0.425 e. The second kappa shape index (κ2) is 5.74. The van der Waals surface area contributed by atoms with Crippen LogP contribution in [0.1, 0.15) is 26.3 Å². The first-order valence-electron chi connectivity index (χ1n) is 6.44. The third kappa shape index (κ3) is 3.07. The molecule has 2 aromatic heterocycles. The Morgan fingerprint density at radius 2 is 2.05 bits per heavy atom. The Hall–Kier alpha value is -2.70. The highest BCUT2D eigenvalue weighted by Crippen LogP contribution is 2.27. The standard InChI is InChI=1S/C14H15N3O4/c1-4-9-12(21-8(3)19)10-5-6-11(15-7(2)18)16-13(10)17-14(9)20/h5-6H,4H2,1-3H3,(H2,15,16,17,18,20). The van der Waals surface area contributed by atoms with Gasteiger partial charge in [-0.2, -0.15) is 0 Å². The first kappa shape index (κ1) is 14.7. The molecule has 0 spiro atoms. The second-order valence-corrected chi connectivity index (χ2v) is 4.48. The van der Waals surface area contributed by atoms with Crippen LogP contribution in [0.3, 0.4) is 0 Å². The summed E-state index contributed by atoms with van der Waals surface area (Å²) in [6.45, 7) is 4.42. The van der Waals surface area contributed by atoms with E-state index in [0.717, 1.165) is 0 Å². The number of pyridine rings is 2. The van der Waals surface area contributed by atoms with E-state index >= 15 is 0 Å². The first-order chi connectivity index (χ1) is 9.92. The van der Waals surface area contributed by atoms with Crippen LogP contribution in [0.5, 0.6) is 5.75 Å². The summed E-state index contributed by atoms with van der Waals surface area (Å²) in [5.41, 5.74) is 0.264. The molecule has 7 heteroatoms. The molecule has 1 amide bonds. The molecule has 0 bridgehead atoms. The van der Waals surface area contributed by atoms with Gasteiger partial charge in [0.05, 0.1) is 10.9 Å². The van der Waals surface area contributed by atoms with Gasteiger partial charge in [0.25, 0.3) is 5.56 Å². The number of nitrogens with one attached hydrogen (secondary N) is 2. The summed E-state index contributed by atoms with van der Waals surface area (Å²) in [5.74, 6) is -0.258. The Balaban J connectivity index is 2.69. The van der Waals surface area contributed by atoms with Crippen molar-refractivity contribution < 1.29 is 14.3 Å². The highest BCUT2D eigenvalue weighted by molar-refractivity contribution is 5.91. The lowest BCUT2D eigenvalue weighted by atomic mass is 10.1. The van der Waals surface area contributed by atoms with Crippen molar-refractivity contribution in [2.45, 2.75) is 27.2 Å². The average Bonchev–Trinajstić information content (AvgIpc) is 2.37. The molecule has 2 rings (SSSR count). The molecule has 0 atom stereocenters. The number of amides is 1. The van der Waals surface area contributed by atoms with Crippen LogP contribution >= 0.6 is 0 Å². The van der Waals surface area contributed by atoms with E-state index in [0.29, 0.717) is 23.2 Å². The molecule has 2 N–H and O–H groups in total. The number of anilines is 1. The average molecular weight is 289 g/mol. The third-order valence-electron chi connectivity index (χ3n) is 2.82. The van der Waals surface area contributed by atoms with Crippen molar-refractivity contribution in [1.82, 2.24) is 9.97 Å². The van der Waals surface area contributed by atoms with Gasteiger partial charge in [0.15, 0.2) is 0 Å². The number of aromatic nitrogens is 2. The monoisotopic (exact) mass is 289 g/mol. The fourth-order valence-corrected chi connectivity index (χ4v) is 2.02. The number of aromatic amines is 1. The Morgan fingerprint density at radius 1 is 1.33 bits per heavy atom. The maximum Gasteiger partial charge on any atom is 0.308 e. The Bertz CT molecular complexity index is 780. The Kier molecular flexibility index (Phi) is 4.02. The van der Waals surface area contributed by atoms with E-state index in [2.05, 4.69) is 15.3 Å². The zero-order valence-electron chi connectivity index (χ0n) is 11.9. The molecule has 7 nitrogen and oxygen atoms in total. The maximum absolute atomic E-state index is 12.0. The van der Waals surface area contributed by atoms with Crippen LogP contribution in [0.25, 0.3) is 11.0 Å². The van der Waals surface area contributed by atoms with Gasteiger partial charge in [0.1, 0.15) is 17.2 Å². The van der Waals surface area contributed by atoms with Gasteiger partial charge in [0, 0.05) is 13.8 Å². The lowest BCUT2D eigenvalue weighted by Crippen LogP contribution is -2.17. The lowest BCUT2D eigenvalue weighted by molar-refractivity contribution is -0.131. The number of ether oxygens (including phenoxy) is 1. The molecule has 0 unspecified atom stereocenters. The predicted octanol–water partition coefficient (Wildman–Crippen LogP) is 1.37. The normalized spacial score (nSPS) is 10.4. The molecule has 110 valence electrons. The van der Waals surface area contributed by atoms with Crippen LogP contribution < -0.4 is 15.6 Å². The minimum absolute atomic E-state index is 0.214. The van der Waals surface area contributed by atoms with Crippen LogP contribution in [-0.2, 0) is 16.0 Å². The van der Waals surface area contributed by atoms with E-state index < -0.39 is 5.97 Å². The molecule has 0 aliphatic heterocycles. The van der Waals surface area contributed by atoms with E-state index in [1.807, 2.05) is 0 Å². The summed E-state index contributed by atoms with van der Waals surface area (Å²) in [6.07, 6.45) is 0.418. The topological polar surface area (TPSA) is 101 Å². The Morgan fingerprint density at radius 3 is 2.62 bits per heavy atom. The maximum atomic E-state index is 12.0. The number of rotatable bonds is 3. The molecular formula is C14H15N3O4. The van der Waals surface area contributed by atoms with Crippen molar-refractivity contribution in [3.8, 4) is 5.75 Å². The molecule has 0 saturated carbocycles. The zero-order valence-corrected chi connectivity index (χ0v) is 11.9. The summed E-state index contributed by atoms with van der Waals surface area (Å²) in [7, 11) is 0. The number of esters is 1. The quantitative estimate of drug-likeness (QED) is 0.831. The Labute approximate surface area is 120 Å². The lowest BCUT2D eigenvalue weighted by Gasteiger charge is -2.11. The molecule has 0 aliphatic carbocycles. The number of H-pyrrole nitrogens is 1. The van der Waals surface area contributed by atoms with Crippen molar-refractivity contribution in [3.63, 3.8) is 0 Å². The second-order valence-electron chi connectivity index (χ2n) is 4.48. The van der Waals surface area contributed by atoms with E-state index in [4.69, 9.17) is 4.74 Å². The van der Waals surface area contributed by atoms with E-state index in [1.54, 1.807) is 19.1 Å². The molecule has 0 saturated heterocycles. The molecule has 2 aromatic rings. The smallest absolute Gasteiger partial charge is 0.308 e. The van der Waals surface area contributed by atoms with Gasteiger partial charge in [-0.25, -0.2) is 4.98 Å². The van der Waals surface area contributed by atoms with Crippen molar-refractivity contribution >= 4 is 28.7 Å². The molecule has 2 heterocycles. The molecular weight excluding hydrogens is 274 g/mol. The van der Waals surface area contributed by atoms with Gasteiger partial charge in [-0.1, -0.05) is 6.92 Å². The SMILES string of the molecule is CCc1c(OC(C)=O)c2ccc(NC(C)=O)nc2[nH]c1=O. The van der Waals surface area contributed by atoms with E-state index in [1.165, 1.54) is 13.8 Å². The highest BCUT2D eigenvalue weighted by Gasteiger charge is 2.15. The number of carbonyl (C=O) groups is 2. The largest absolute Gasteiger partial charge is 0.425 e. The summed E-state index contributed by atoms with van der Waals surface area (Å²) in [4.78, 5) is 41.1. The molecule has 0 aromatic carbocycles. The summed E-state index contributed by atoms with van der Waals surface area (Å²) < 4.78 is 5.17.